The van der Waals surface area contributed by atoms with E-state index < -0.39 is 16.0 Å². The topological polar surface area (TPSA) is 83.5 Å². The van der Waals surface area contributed by atoms with Crippen LogP contribution < -0.4 is 4.72 Å². The second-order valence-electron chi connectivity index (χ2n) is 3.79. The fourth-order valence-corrected chi connectivity index (χ4v) is 4.60. The summed E-state index contributed by atoms with van der Waals surface area (Å²) < 4.78 is 26.6. The predicted octanol–water partition coefficient (Wildman–Crippen LogP) is 2.29. The molecule has 19 heavy (non-hydrogen) atoms. The van der Waals surface area contributed by atoms with Crippen molar-refractivity contribution < 1.29 is 18.3 Å². The fourth-order valence-electron chi connectivity index (χ4n) is 1.49. The summed E-state index contributed by atoms with van der Waals surface area (Å²) in [5.41, 5.74) is 0.875. The normalized spacial score (nSPS) is 11.6. The minimum atomic E-state index is -3.68. The van der Waals surface area contributed by atoms with E-state index in [-0.39, 0.29) is 16.3 Å². The van der Waals surface area contributed by atoms with Gasteiger partial charge in [0.2, 0.25) is 10.0 Å². The van der Waals surface area contributed by atoms with Gasteiger partial charge in [0.15, 0.2) is 0 Å². The molecule has 0 aliphatic carbocycles. The minimum absolute atomic E-state index is 0.0217. The Morgan fingerprint density at radius 1 is 1.47 bits per heavy atom. The van der Waals surface area contributed by atoms with Crippen molar-refractivity contribution in [1.29, 1.82) is 0 Å². The molecule has 0 saturated heterocycles. The van der Waals surface area contributed by atoms with Crippen LogP contribution in [0.2, 0.25) is 0 Å². The molecule has 0 bridgehead atoms. The molecule has 0 saturated carbocycles. The van der Waals surface area contributed by atoms with E-state index in [2.05, 4.69) is 4.72 Å². The number of aryl methyl sites for hydroxylation is 1. The van der Waals surface area contributed by atoms with Crippen molar-refractivity contribution >= 4 is 38.7 Å². The van der Waals surface area contributed by atoms with E-state index in [0.717, 1.165) is 16.9 Å². The molecule has 8 heteroatoms. The van der Waals surface area contributed by atoms with E-state index in [1.165, 1.54) is 17.4 Å². The van der Waals surface area contributed by atoms with Crippen molar-refractivity contribution in [2.75, 3.05) is 0 Å². The van der Waals surface area contributed by atoms with E-state index in [4.69, 9.17) is 5.11 Å². The van der Waals surface area contributed by atoms with Crippen molar-refractivity contribution in [3.8, 4) is 0 Å². The van der Waals surface area contributed by atoms with Crippen molar-refractivity contribution in [3.05, 3.63) is 38.2 Å². The van der Waals surface area contributed by atoms with E-state index >= 15 is 0 Å². The summed E-state index contributed by atoms with van der Waals surface area (Å²) in [7, 11) is -3.68. The van der Waals surface area contributed by atoms with E-state index in [1.54, 1.807) is 6.92 Å². The van der Waals surface area contributed by atoms with Crippen LogP contribution in [0.3, 0.4) is 0 Å². The number of hydrogen-bond donors (Lipinski definition) is 2. The molecule has 0 amide bonds. The molecule has 5 nitrogen and oxygen atoms in total. The summed E-state index contributed by atoms with van der Waals surface area (Å²) in [6, 6.07) is 3.02. The third-order valence-electron chi connectivity index (χ3n) is 2.42. The molecule has 2 aromatic rings. The summed E-state index contributed by atoms with van der Waals surface area (Å²) in [6.45, 7) is 1.79. The van der Waals surface area contributed by atoms with Gasteiger partial charge in [-0.05, 0) is 35.4 Å². The number of aromatic carboxylic acids is 1. The van der Waals surface area contributed by atoms with Gasteiger partial charge in [-0.15, -0.1) is 11.3 Å². The number of thiophene rings is 2. The molecule has 2 rings (SSSR count). The highest BCUT2D eigenvalue weighted by Gasteiger charge is 2.21. The maximum Gasteiger partial charge on any atom is 0.345 e. The lowest BCUT2D eigenvalue weighted by Crippen LogP contribution is -2.23. The number of sulfonamides is 1. The van der Waals surface area contributed by atoms with Crippen LogP contribution in [0.15, 0.2) is 27.8 Å². The summed E-state index contributed by atoms with van der Waals surface area (Å²) >= 11 is 2.44. The zero-order valence-electron chi connectivity index (χ0n) is 9.91. The smallest absolute Gasteiger partial charge is 0.345 e. The number of carboxylic acids is 1. The number of carboxylic acid groups (broad SMARTS) is 1. The summed E-state index contributed by atoms with van der Waals surface area (Å²) in [5, 5.41) is 12.6. The molecule has 0 aliphatic heterocycles. The first-order chi connectivity index (χ1) is 8.90. The van der Waals surface area contributed by atoms with Crippen LogP contribution in [0.4, 0.5) is 0 Å². The van der Waals surface area contributed by atoms with Gasteiger partial charge in [-0.2, -0.15) is 11.3 Å². The monoisotopic (exact) mass is 317 g/mol. The highest BCUT2D eigenvalue weighted by molar-refractivity contribution is 7.89. The van der Waals surface area contributed by atoms with Crippen LogP contribution in [0, 0.1) is 6.92 Å². The molecule has 2 aromatic heterocycles. The van der Waals surface area contributed by atoms with Gasteiger partial charge in [0.05, 0.1) is 4.90 Å². The Hall–Kier alpha value is -1.22. The van der Waals surface area contributed by atoms with Gasteiger partial charge in [0, 0.05) is 11.4 Å². The molecule has 0 aromatic carbocycles. The molecule has 0 atom stereocenters. The van der Waals surface area contributed by atoms with Gasteiger partial charge in [-0.25, -0.2) is 17.9 Å². The maximum atomic E-state index is 12.1. The Morgan fingerprint density at radius 2 is 2.21 bits per heavy atom. The quantitative estimate of drug-likeness (QED) is 0.886. The lowest BCUT2D eigenvalue weighted by molar-refractivity contribution is 0.0702. The van der Waals surface area contributed by atoms with E-state index in [1.807, 2.05) is 16.8 Å². The Balaban J connectivity index is 2.22. The molecule has 2 N–H and O–H groups in total. The second-order valence-corrected chi connectivity index (χ2v) is 7.56. The molecule has 102 valence electrons. The molecule has 0 unspecified atom stereocenters. The Bertz CT molecular complexity index is 686. The fraction of sp³-hybridized carbons (Fsp3) is 0.182. The SMILES string of the molecule is Cc1sc(C(=O)O)cc1S(=O)(=O)NCc1ccsc1. The number of carbonyl (C=O) groups is 1. The Morgan fingerprint density at radius 3 is 2.74 bits per heavy atom. The molecule has 0 fully saturated rings. The van der Waals surface area contributed by atoms with Crippen molar-refractivity contribution in [3.63, 3.8) is 0 Å². The van der Waals surface area contributed by atoms with Gasteiger partial charge in [0.25, 0.3) is 0 Å². The number of rotatable bonds is 5. The first-order valence-electron chi connectivity index (χ1n) is 5.24. The second kappa shape index (κ2) is 5.41. The van der Waals surface area contributed by atoms with Crippen molar-refractivity contribution in [2.45, 2.75) is 18.4 Å². The van der Waals surface area contributed by atoms with Gasteiger partial charge in [-0.1, -0.05) is 0 Å². The van der Waals surface area contributed by atoms with Crippen LogP contribution in [0.1, 0.15) is 20.1 Å². The molecule has 2 heterocycles. The molecule has 0 aliphatic rings. The van der Waals surface area contributed by atoms with Gasteiger partial charge < -0.3 is 5.11 Å². The lowest BCUT2D eigenvalue weighted by Gasteiger charge is -2.04. The summed E-state index contributed by atoms with van der Waals surface area (Å²) in [6.07, 6.45) is 0. The maximum absolute atomic E-state index is 12.1. The van der Waals surface area contributed by atoms with Gasteiger partial charge in [0.1, 0.15) is 4.88 Å². The Kier molecular flexibility index (Phi) is 4.04. The average molecular weight is 317 g/mol. The summed E-state index contributed by atoms with van der Waals surface area (Å²) in [4.78, 5) is 11.4. The van der Waals surface area contributed by atoms with Crippen molar-refractivity contribution in [1.82, 2.24) is 4.72 Å². The summed E-state index contributed by atoms with van der Waals surface area (Å²) in [5.74, 6) is -1.12. The highest BCUT2D eigenvalue weighted by Crippen LogP contribution is 2.25. The van der Waals surface area contributed by atoms with Crippen LogP contribution >= 0.6 is 22.7 Å². The zero-order valence-corrected chi connectivity index (χ0v) is 12.4. The zero-order chi connectivity index (χ0) is 14.0. The Labute approximate surface area is 118 Å². The molecule has 0 radical (unpaired) electrons. The number of nitrogens with one attached hydrogen (secondary N) is 1. The van der Waals surface area contributed by atoms with Crippen LogP contribution in [0.5, 0.6) is 0 Å². The first kappa shape index (κ1) is 14.2. The first-order valence-corrected chi connectivity index (χ1v) is 8.49. The van der Waals surface area contributed by atoms with Gasteiger partial charge >= 0.3 is 5.97 Å². The van der Waals surface area contributed by atoms with Gasteiger partial charge in [-0.3, -0.25) is 0 Å². The third-order valence-corrected chi connectivity index (χ3v) is 5.85. The van der Waals surface area contributed by atoms with E-state index in [0.29, 0.717) is 4.88 Å². The molecular weight excluding hydrogens is 306 g/mol. The average Bonchev–Trinajstić information content (AvgIpc) is 2.95. The minimum Gasteiger partial charge on any atom is -0.477 e. The van der Waals surface area contributed by atoms with Crippen LogP contribution in [-0.4, -0.2) is 19.5 Å². The highest BCUT2D eigenvalue weighted by atomic mass is 32.2. The van der Waals surface area contributed by atoms with E-state index in [9.17, 15) is 13.2 Å². The standard InChI is InChI=1S/C11H11NO4S3/c1-7-10(4-9(18-7)11(13)14)19(15,16)12-5-8-2-3-17-6-8/h2-4,6,12H,5H2,1H3,(H,13,14). The lowest BCUT2D eigenvalue weighted by atomic mass is 10.4. The van der Waals surface area contributed by atoms with Crippen molar-refractivity contribution in [2.24, 2.45) is 0 Å². The largest absolute Gasteiger partial charge is 0.477 e. The third kappa shape index (κ3) is 3.21. The van der Waals surface area contributed by atoms with Crippen LogP contribution in [0.25, 0.3) is 0 Å². The molecule has 0 spiro atoms. The predicted molar refractivity (Wildman–Crippen MR) is 74.4 cm³/mol. The number of hydrogen-bond acceptors (Lipinski definition) is 5. The van der Waals surface area contributed by atoms with Crippen LogP contribution in [-0.2, 0) is 16.6 Å². The molecular formula is C11H11NO4S3.